The molecule has 0 unspecified atom stereocenters. The number of ether oxygens (including phenoxy) is 1. The van der Waals surface area contributed by atoms with Gasteiger partial charge < -0.3 is 10.1 Å². The molecule has 1 rings (SSSR count). The molecule has 0 saturated carbocycles. The molecule has 15 heavy (non-hydrogen) atoms. The van der Waals surface area contributed by atoms with Crippen LogP contribution in [-0.4, -0.2) is 25.5 Å². The number of methoxy groups -OCH3 is 1. The van der Waals surface area contributed by atoms with Crippen molar-refractivity contribution in [2.24, 2.45) is 0 Å². The van der Waals surface area contributed by atoms with E-state index in [-0.39, 0.29) is 12.5 Å². The Morgan fingerprint density at radius 3 is 2.40 bits per heavy atom. The van der Waals surface area contributed by atoms with Crippen LogP contribution in [0.3, 0.4) is 0 Å². The second-order valence-corrected chi connectivity index (χ2v) is 3.12. The lowest BCUT2D eigenvalue weighted by atomic mass is 10.1. The summed E-state index contributed by atoms with van der Waals surface area (Å²) >= 11 is 0. The Balaban J connectivity index is 2.54. The summed E-state index contributed by atoms with van der Waals surface area (Å²) in [4.78, 5) is 22.2. The maximum atomic E-state index is 11.5. The molecular formula is C11H13NO3. The normalized spacial score (nSPS) is 9.47. The van der Waals surface area contributed by atoms with Crippen LogP contribution in [0, 0.1) is 6.92 Å². The summed E-state index contributed by atoms with van der Waals surface area (Å²) < 4.78 is 4.40. The van der Waals surface area contributed by atoms with Crippen molar-refractivity contribution in [3.05, 3.63) is 35.4 Å². The number of benzene rings is 1. The SMILES string of the molecule is COC(=O)CNC(=O)c1ccc(C)cc1. The van der Waals surface area contributed by atoms with E-state index >= 15 is 0 Å². The van der Waals surface area contributed by atoms with E-state index in [0.717, 1.165) is 5.56 Å². The highest BCUT2D eigenvalue weighted by molar-refractivity contribution is 5.95. The molecule has 80 valence electrons. The average Bonchev–Trinajstić information content (AvgIpc) is 2.26. The van der Waals surface area contributed by atoms with Crippen molar-refractivity contribution in [3.63, 3.8) is 0 Å². The molecule has 0 aliphatic heterocycles. The van der Waals surface area contributed by atoms with Crippen molar-refractivity contribution in [2.75, 3.05) is 13.7 Å². The van der Waals surface area contributed by atoms with Crippen LogP contribution in [0.5, 0.6) is 0 Å². The maximum Gasteiger partial charge on any atom is 0.325 e. The standard InChI is InChI=1S/C11H13NO3/c1-8-3-5-9(6-4-8)11(14)12-7-10(13)15-2/h3-6H,7H2,1-2H3,(H,12,14). The first-order valence-electron chi connectivity index (χ1n) is 4.55. The number of rotatable bonds is 3. The summed E-state index contributed by atoms with van der Waals surface area (Å²) in [5, 5.41) is 2.46. The van der Waals surface area contributed by atoms with Gasteiger partial charge >= 0.3 is 5.97 Å². The molecule has 1 aromatic rings. The van der Waals surface area contributed by atoms with Gasteiger partial charge in [0, 0.05) is 5.56 Å². The number of nitrogens with one attached hydrogen (secondary N) is 1. The minimum absolute atomic E-state index is 0.108. The highest BCUT2D eigenvalue weighted by Gasteiger charge is 2.06. The Morgan fingerprint density at radius 2 is 1.87 bits per heavy atom. The van der Waals surface area contributed by atoms with Crippen LogP contribution in [0.15, 0.2) is 24.3 Å². The minimum Gasteiger partial charge on any atom is -0.468 e. The van der Waals surface area contributed by atoms with Gasteiger partial charge in [-0.15, -0.1) is 0 Å². The molecule has 1 N–H and O–H groups in total. The zero-order valence-electron chi connectivity index (χ0n) is 8.74. The lowest BCUT2D eigenvalue weighted by Crippen LogP contribution is -2.30. The summed E-state index contributed by atoms with van der Waals surface area (Å²) in [6, 6.07) is 7.10. The van der Waals surface area contributed by atoms with Crippen LogP contribution in [0.2, 0.25) is 0 Å². The molecule has 0 fully saturated rings. The number of carbonyl (C=O) groups excluding carboxylic acids is 2. The van der Waals surface area contributed by atoms with Gasteiger partial charge in [-0.1, -0.05) is 17.7 Å². The highest BCUT2D eigenvalue weighted by Crippen LogP contribution is 2.02. The average molecular weight is 207 g/mol. The molecule has 0 spiro atoms. The second kappa shape index (κ2) is 5.14. The van der Waals surface area contributed by atoms with Gasteiger partial charge in [0.15, 0.2) is 0 Å². The van der Waals surface area contributed by atoms with Gasteiger partial charge in [0.05, 0.1) is 7.11 Å². The smallest absolute Gasteiger partial charge is 0.325 e. The van der Waals surface area contributed by atoms with Gasteiger partial charge in [0.1, 0.15) is 6.54 Å². The summed E-state index contributed by atoms with van der Waals surface area (Å²) in [6.45, 7) is 1.83. The third-order valence-electron chi connectivity index (χ3n) is 1.93. The quantitative estimate of drug-likeness (QED) is 0.749. The van der Waals surface area contributed by atoms with Crippen molar-refractivity contribution < 1.29 is 14.3 Å². The van der Waals surface area contributed by atoms with E-state index in [1.165, 1.54) is 7.11 Å². The first kappa shape index (κ1) is 11.2. The number of amides is 1. The predicted octanol–water partition coefficient (Wildman–Crippen LogP) is 0.898. The summed E-state index contributed by atoms with van der Waals surface area (Å²) in [5.41, 5.74) is 1.61. The molecule has 0 atom stereocenters. The van der Waals surface area contributed by atoms with E-state index in [4.69, 9.17) is 0 Å². The Bertz CT molecular complexity index is 357. The molecule has 0 radical (unpaired) electrons. The lowest BCUT2D eigenvalue weighted by molar-refractivity contribution is -0.139. The monoisotopic (exact) mass is 207 g/mol. The maximum absolute atomic E-state index is 11.5. The van der Waals surface area contributed by atoms with Crippen molar-refractivity contribution in [1.82, 2.24) is 5.32 Å². The fraction of sp³-hybridized carbons (Fsp3) is 0.273. The third kappa shape index (κ3) is 3.42. The first-order valence-corrected chi connectivity index (χ1v) is 4.55. The number of carbonyl (C=O) groups is 2. The molecule has 1 amide bonds. The van der Waals surface area contributed by atoms with E-state index in [1.807, 2.05) is 19.1 Å². The molecule has 0 bridgehead atoms. The van der Waals surface area contributed by atoms with E-state index in [0.29, 0.717) is 5.56 Å². The van der Waals surface area contributed by atoms with E-state index in [2.05, 4.69) is 10.1 Å². The topological polar surface area (TPSA) is 55.4 Å². The summed E-state index contributed by atoms with van der Waals surface area (Å²) in [6.07, 6.45) is 0. The summed E-state index contributed by atoms with van der Waals surface area (Å²) in [7, 11) is 1.28. The van der Waals surface area contributed by atoms with Gasteiger partial charge in [-0.05, 0) is 19.1 Å². The molecule has 0 saturated heterocycles. The fourth-order valence-corrected chi connectivity index (χ4v) is 1.03. The van der Waals surface area contributed by atoms with Gasteiger partial charge in [-0.3, -0.25) is 9.59 Å². The zero-order chi connectivity index (χ0) is 11.3. The summed E-state index contributed by atoms with van der Waals surface area (Å²) in [5.74, 6) is -0.740. The van der Waals surface area contributed by atoms with Crippen LogP contribution < -0.4 is 5.32 Å². The Hall–Kier alpha value is -1.84. The molecule has 4 nitrogen and oxygen atoms in total. The largest absolute Gasteiger partial charge is 0.468 e. The van der Waals surface area contributed by atoms with Crippen LogP contribution in [-0.2, 0) is 9.53 Å². The molecule has 0 aliphatic carbocycles. The third-order valence-corrected chi connectivity index (χ3v) is 1.93. The van der Waals surface area contributed by atoms with Crippen molar-refractivity contribution in [1.29, 1.82) is 0 Å². The molecule has 0 aromatic heterocycles. The van der Waals surface area contributed by atoms with Gasteiger partial charge in [0.25, 0.3) is 5.91 Å². The number of hydrogen-bond donors (Lipinski definition) is 1. The number of hydrogen-bond acceptors (Lipinski definition) is 3. The minimum atomic E-state index is -0.463. The van der Waals surface area contributed by atoms with Crippen LogP contribution >= 0.6 is 0 Å². The molecule has 4 heteroatoms. The van der Waals surface area contributed by atoms with E-state index < -0.39 is 5.97 Å². The number of aryl methyl sites for hydroxylation is 1. The fourth-order valence-electron chi connectivity index (χ4n) is 1.03. The van der Waals surface area contributed by atoms with Crippen LogP contribution in [0.1, 0.15) is 15.9 Å². The zero-order valence-corrected chi connectivity index (χ0v) is 8.74. The Morgan fingerprint density at radius 1 is 1.27 bits per heavy atom. The predicted molar refractivity (Wildman–Crippen MR) is 55.5 cm³/mol. The van der Waals surface area contributed by atoms with E-state index in [9.17, 15) is 9.59 Å². The lowest BCUT2D eigenvalue weighted by Gasteiger charge is -2.03. The molecule has 0 heterocycles. The Kier molecular flexibility index (Phi) is 3.85. The van der Waals surface area contributed by atoms with Crippen LogP contribution in [0.25, 0.3) is 0 Å². The Labute approximate surface area is 88.2 Å². The first-order chi connectivity index (χ1) is 7.13. The van der Waals surface area contributed by atoms with Crippen molar-refractivity contribution in [3.8, 4) is 0 Å². The van der Waals surface area contributed by atoms with Gasteiger partial charge in [-0.2, -0.15) is 0 Å². The van der Waals surface area contributed by atoms with Crippen molar-refractivity contribution >= 4 is 11.9 Å². The highest BCUT2D eigenvalue weighted by atomic mass is 16.5. The van der Waals surface area contributed by atoms with Gasteiger partial charge in [0.2, 0.25) is 0 Å². The molecule has 1 aromatic carbocycles. The van der Waals surface area contributed by atoms with Gasteiger partial charge in [-0.25, -0.2) is 0 Å². The van der Waals surface area contributed by atoms with Crippen molar-refractivity contribution in [2.45, 2.75) is 6.92 Å². The van der Waals surface area contributed by atoms with E-state index in [1.54, 1.807) is 12.1 Å². The molecule has 0 aliphatic rings. The number of esters is 1. The second-order valence-electron chi connectivity index (χ2n) is 3.12. The molecular weight excluding hydrogens is 194 g/mol. The van der Waals surface area contributed by atoms with Crippen LogP contribution in [0.4, 0.5) is 0 Å².